The van der Waals surface area contributed by atoms with Gasteiger partial charge in [-0.2, -0.15) is 0 Å². The molecule has 1 fully saturated rings. The lowest BCUT2D eigenvalue weighted by molar-refractivity contribution is 0.116. The van der Waals surface area contributed by atoms with E-state index in [9.17, 15) is 4.79 Å². The zero-order valence-electron chi connectivity index (χ0n) is 10.3. The Morgan fingerprint density at radius 2 is 1.05 bits per heavy atom. The van der Waals surface area contributed by atoms with Crippen molar-refractivity contribution < 1.29 is 14.3 Å². The van der Waals surface area contributed by atoms with Gasteiger partial charge in [-0.3, -0.25) is 0 Å². The molecule has 2 aromatic rings. The molecular weight excluding hydrogens is 299 g/mol. The van der Waals surface area contributed by atoms with Crippen LogP contribution in [-0.4, -0.2) is 6.16 Å². The fourth-order valence-corrected chi connectivity index (χ4v) is 2.40. The van der Waals surface area contributed by atoms with E-state index in [1.807, 2.05) is 24.3 Å². The van der Waals surface area contributed by atoms with Crippen molar-refractivity contribution in [3.05, 3.63) is 69.7 Å². The van der Waals surface area contributed by atoms with E-state index in [2.05, 4.69) is 0 Å². The Kier molecular flexibility index (Phi) is 3.55. The van der Waals surface area contributed by atoms with E-state index in [0.717, 1.165) is 11.1 Å². The van der Waals surface area contributed by atoms with Crippen LogP contribution < -0.4 is 0 Å². The van der Waals surface area contributed by atoms with E-state index in [1.54, 1.807) is 24.3 Å². The predicted octanol–water partition coefficient (Wildman–Crippen LogP) is 4.94. The molecule has 102 valence electrons. The highest BCUT2D eigenvalue weighted by Crippen LogP contribution is 2.41. The molecule has 0 bridgehead atoms. The van der Waals surface area contributed by atoms with Crippen LogP contribution in [0, 0.1) is 0 Å². The second-order valence-corrected chi connectivity index (χ2v) is 5.30. The number of benzene rings is 2. The maximum atomic E-state index is 11.4. The number of hydrogen-bond acceptors (Lipinski definition) is 3. The van der Waals surface area contributed by atoms with Gasteiger partial charge in [0.1, 0.15) is 0 Å². The first-order valence-electron chi connectivity index (χ1n) is 6.02. The molecule has 3 nitrogen and oxygen atoms in total. The Balaban J connectivity index is 1.94. The Labute approximate surface area is 126 Å². The van der Waals surface area contributed by atoms with Gasteiger partial charge in [-0.25, -0.2) is 4.79 Å². The average Bonchev–Trinajstić information content (AvgIpc) is 2.82. The SMILES string of the molecule is O=C1O[C@H](c2ccc(Cl)cc2)[C@@H](c2ccc(Cl)cc2)O1. The smallest absolute Gasteiger partial charge is 0.422 e. The molecule has 0 amide bonds. The third-order valence-corrected chi connectivity index (χ3v) is 3.62. The summed E-state index contributed by atoms with van der Waals surface area (Å²) in [6.07, 6.45) is -1.65. The van der Waals surface area contributed by atoms with Crippen molar-refractivity contribution in [2.45, 2.75) is 12.2 Å². The molecule has 0 saturated carbocycles. The predicted molar refractivity (Wildman–Crippen MR) is 76.0 cm³/mol. The number of hydrogen-bond donors (Lipinski definition) is 0. The van der Waals surface area contributed by atoms with Gasteiger partial charge in [-0.1, -0.05) is 47.5 Å². The lowest BCUT2D eigenvalue weighted by Gasteiger charge is -2.16. The van der Waals surface area contributed by atoms with Gasteiger partial charge in [-0.05, 0) is 35.4 Å². The fraction of sp³-hybridized carbons (Fsp3) is 0.133. The van der Waals surface area contributed by atoms with Crippen molar-refractivity contribution in [3.8, 4) is 0 Å². The van der Waals surface area contributed by atoms with Crippen LogP contribution >= 0.6 is 23.2 Å². The molecule has 0 aliphatic carbocycles. The second kappa shape index (κ2) is 5.35. The highest BCUT2D eigenvalue weighted by Gasteiger charge is 2.38. The van der Waals surface area contributed by atoms with Crippen LogP contribution in [0.25, 0.3) is 0 Å². The summed E-state index contributed by atoms with van der Waals surface area (Å²) in [7, 11) is 0. The van der Waals surface area contributed by atoms with Crippen LogP contribution in [0.5, 0.6) is 0 Å². The standard InChI is InChI=1S/C15H10Cl2O3/c16-11-5-1-9(2-6-11)13-14(20-15(18)19-13)10-3-7-12(17)8-4-10/h1-8,13-14H/t13-,14-/m1/s1. The van der Waals surface area contributed by atoms with Gasteiger partial charge >= 0.3 is 6.16 Å². The topological polar surface area (TPSA) is 35.5 Å². The molecule has 2 atom stereocenters. The summed E-state index contributed by atoms with van der Waals surface area (Å²) in [5.41, 5.74) is 1.67. The van der Waals surface area contributed by atoms with Gasteiger partial charge in [0.15, 0.2) is 12.2 Å². The van der Waals surface area contributed by atoms with E-state index < -0.39 is 18.4 Å². The summed E-state index contributed by atoms with van der Waals surface area (Å²) in [6, 6.07) is 14.3. The summed E-state index contributed by atoms with van der Waals surface area (Å²) >= 11 is 11.7. The first-order valence-corrected chi connectivity index (χ1v) is 6.77. The highest BCUT2D eigenvalue weighted by molar-refractivity contribution is 6.30. The highest BCUT2D eigenvalue weighted by atomic mass is 35.5. The van der Waals surface area contributed by atoms with E-state index in [-0.39, 0.29) is 0 Å². The normalized spacial score (nSPS) is 21.4. The lowest BCUT2D eigenvalue weighted by Crippen LogP contribution is -2.07. The molecule has 0 unspecified atom stereocenters. The number of ether oxygens (including phenoxy) is 2. The van der Waals surface area contributed by atoms with Crippen LogP contribution in [0.4, 0.5) is 4.79 Å². The molecule has 1 heterocycles. The molecule has 1 aliphatic heterocycles. The summed E-state index contributed by atoms with van der Waals surface area (Å²) in [5.74, 6) is 0. The maximum Gasteiger partial charge on any atom is 0.509 e. The van der Waals surface area contributed by atoms with E-state index in [0.29, 0.717) is 10.0 Å². The van der Waals surface area contributed by atoms with Gasteiger partial charge < -0.3 is 9.47 Å². The van der Waals surface area contributed by atoms with Crippen LogP contribution in [0.2, 0.25) is 10.0 Å². The Morgan fingerprint density at radius 3 is 1.40 bits per heavy atom. The molecule has 2 aromatic carbocycles. The van der Waals surface area contributed by atoms with Crippen molar-refractivity contribution in [3.63, 3.8) is 0 Å². The Bertz CT molecular complexity index is 567. The molecule has 5 heteroatoms. The largest absolute Gasteiger partial charge is 0.509 e. The van der Waals surface area contributed by atoms with Gasteiger partial charge in [0.25, 0.3) is 0 Å². The van der Waals surface area contributed by atoms with Gasteiger partial charge in [0, 0.05) is 10.0 Å². The van der Waals surface area contributed by atoms with Crippen molar-refractivity contribution in [2.24, 2.45) is 0 Å². The van der Waals surface area contributed by atoms with E-state index >= 15 is 0 Å². The van der Waals surface area contributed by atoms with Gasteiger partial charge in [0.05, 0.1) is 0 Å². The minimum Gasteiger partial charge on any atom is -0.422 e. The third-order valence-electron chi connectivity index (χ3n) is 3.12. The van der Waals surface area contributed by atoms with Crippen LogP contribution in [0.1, 0.15) is 23.3 Å². The van der Waals surface area contributed by atoms with Crippen molar-refractivity contribution >= 4 is 29.4 Å². The number of carbonyl (C=O) groups is 1. The molecule has 3 rings (SSSR count). The molecule has 1 aliphatic rings. The van der Waals surface area contributed by atoms with Crippen molar-refractivity contribution in [1.82, 2.24) is 0 Å². The lowest BCUT2D eigenvalue weighted by atomic mass is 9.98. The average molecular weight is 309 g/mol. The summed E-state index contributed by atoms with van der Waals surface area (Å²) < 4.78 is 10.5. The molecule has 20 heavy (non-hydrogen) atoms. The minimum absolute atomic E-state index is 0.485. The molecular formula is C15H10Cl2O3. The quantitative estimate of drug-likeness (QED) is 0.737. The van der Waals surface area contributed by atoms with Gasteiger partial charge in [0.2, 0.25) is 0 Å². The van der Waals surface area contributed by atoms with Crippen molar-refractivity contribution in [2.75, 3.05) is 0 Å². The summed E-state index contributed by atoms with van der Waals surface area (Å²) in [4.78, 5) is 11.4. The number of halogens is 2. The molecule has 1 saturated heterocycles. The molecule has 0 aromatic heterocycles. The zero-order valence-corrected chi connectivity index (χ0v) is 11.8. The van der Waals surface area contributed by atoms with Crippen LogP contribution in [-0.2, 0) is 9.47 Å². The fourth-order valence-electron chi connectivity index (χ4n) is 2.15. The van der Waals surface area contributed by atoms with Crippen molar-refractivity contribution in [1.29, 1.82) is 0 Å². The van der Waals surface area contributed by atoms with Crippen LogP contribution in [0.3, 0.4) is 0 Å². The summed E-state index contributed by atoms with van der Waals surface area (Å²) in [6.45, 7) is 0. The minimum atomic E-state index is -0.676. The second-order valence-electron chi connectivity index (χ2n) is 4.43. The third kappa shape index (κ3) is 2.60. The molecule has 0 N–H and O–H groups in total. The first-order chi connectivity index (χ1) is 9.63. The maximum absolute atomic E-state index is 11.4. The number of rotatable bonds is 2. The van der Waals surface area contributed by atoms with E-state index in [1.165, 1.54) is 0 Å². The zero-order chi connectivity index (χ0) is 14.1. The van der Waals surface area contributed by atoms with Gasteiger partial charge in [-0.15, -0.1) is 0 Å². The van der Waals surface area contributed by atoms with Crippen LogP contribution in [0.15, 0.2) is 48.5 Å². The summed E-state index contributed by atoms with van der Waals surface area (Å²) in [5, 5.41) is 1.25. The Hall–Kier alpha value is -1.71. The monoisotopic (exact) mass is 308 g/mol. The molecule has 0 radical (unpaired) electrons. The first kappa shape index (κ1) is 13.3. The Morgan fingerprint density at radius 1 is 0.700 bits per heavy atom. The molecule has 0 spiro atoms. The number of cyclic esters (lactones) is 2. The number of carbonyl (C=O) groups excluding carboxylic acids is 1. The van der Waals surface area contributed by atoms with E-state index in [4.69, 9.17) is 32.7 Å².